The van der Waals surface area contributed by atoms with E-state index in [1.807, 2.05) is 26.8 Å². The predicted octanol–water partition coefficient (Wildman–Crippen LogP) is 3.12. The zero-order valence-corrected chi connectivity index (χ0v) is 11.9. The predicted molar refractivity (Wildman–Crippen MR) is 76.5 cm³/mol. The van der Waals surface area contributed by atoms with Crippen LogP contribution in [0.15, 0.2) is 24.3 Å². The van der Waals surface area contributed by atoms with Crippen LogP contribution in [-0.4, -0.2) is 24.1 Å². The van der Waals surface area contributed by atoms with Gasteiger partial charge in [-0.2, -0.15) is 0 Å². The first kappa shape index (κ1) is 13.8. The Morgan fingerprint density at radius 3 is 2.74 bits per heavy atom. The Balaban J connectivity index is 2.24. The summed E-state index contributed by atoms with van der Waals surface area (Å²) in [6.07, 6.45) is 3.89. The summed E-state index contributed by atoms with van der Waals surface area (Å²) in [5, 5.41) is 1.67. The molecule has 0 spiro atoms. The lowest BCUT2D eigenvalue weighted by Crippen LogP contribution is -2.28. The Hall–Kier alpha value is -1.61. The summed E-state index contributed by atoms with van der Waals surface area (Å²) < 4.78 is 0. The summed E-state index contributed by atoms with van der Waals surface area (Å²) in [6, 6.07) is 6.28. The topological polar surface area (TPSA) is 29.5 Å². The van der Waals surface area contributed by atoms with Gasteiger partial charge in [-0.3, -0.25) is 0 Å². The molecule has 0 heterocycles. The summed E-state index contributed by atoms with van der Waals surface area (Å²) in [7, 11) is 0. The summed E-state index contributed by atoms with van der Waals surface area (Å²) in [6.45, 7) is 7.41. The van der Waals surface area contributed by atoms with Gasteiger partial charge < -0.3 is 4.84 Å². The molecular formula is C16H21NO2. The number of aryl methyl sites for hydroxylation is 2. The maximum Gasteiger partial charge on any atom is 0.357 e. The van der Waals surface area contributed by atoms with Crippen LogP contribution in [0.3, 0.4) is 0 Å². The minimum atomic E-state index is -0.241. The molecule has 2 rings (SSSR count). The van der Waals surface area contributed by atoms with E-state index in [1.54, 1.807) is 5.06 Å². The Labute approximate surface area is 114 Å². The molecule has 0 aliphatic heterocycles. The van der Waals surface area contributed by atoms with E-state index in [2.05, 4.69) is 18.2 Å². The Bertz CT molecular complexity index is 501. The van der Waals surface area contributed by atoms with E-state index in [9.17, 15) is 4.79 Å². The fraction of sp³-hybridized carbons (Fsp3) is 0.438. The Kier molecular flexibility index (Phi) is 4.38. The number of hydrogen-bond donors (Lipinski definition) is 0. The highest BCUT2D eigenvalue weighted by molar-refractivity contribution is 6.17. The summed E-state index contributed by atoms with van der Waals surface area (Å²) >= 11 is 0. The summed E-state index contributed by atoms with van der Waals surface area (Å²) in [5.74, 6) is -0.241. The van der Waals surface area contributed by atoms with Gasteiger partial charge >= 0.3 is 5.97 Å². The smallest absolute Gasteiger partial charge is 0.357 e. The van der Waals surface area contributed by atoms with Crippen LogP contribution in [0.5, 0.6) is 0 Å². The van der Waals surface area contributed by atoms with Crippen LogP contribution in [0, 0.1) is 6.92 Å². The third kappa shape index (κ3) is 3.04. The van der Waals surface area contributed by atoms with Crippen molar-refractivity contribution in [3.05, 3.63) is 41.0 Å². The molecule has 3 nitrogen and oxygen atoms in total. The lowest BCUT2D eigenvalue weighted by molar-refractivity contribution is -0.180. The number of hydroxylamine groups is 2. The first-order valence-corrected chi connectivity index (χ1v) is 6.93. The van der Waals surface area contributed by atoms with Crippen LogP contribution in [0.1, 0.15) is 37.0 Å². The molecule has 1 aromatic rings. The number of carbonyl (C=O) groups excluding carboxylic acids is 1. The highest BCUT2D eigenvalue weighted by atomic mass is 16.7. The second-order valence-electron chi connectivity index (χ2n) is 4.81. The number of allylic oxidation sites excluding steroid dienone is 1. The van der Waals surface area contributed by atoms with E-state index in [1.165, 1.54) is 11.1 Å². The standard InChI is InChI=1S/C16H21NO2/c1-4-17(5-2)19-16(18)14-8-6-7-13-10-9-12(3)11-15(13)14/h8-11H,4-7H2,1-3H3. The van der Waals surface area contributed by atoms with E-state index < -0.39 is 0 Å². The maximum atomic E-state index is 12.3. The van der Waals surface area contributed by atoms with Crippen molar-refractivity contribution in [1.82, 2.24) is 5.06 Å². The monoisotopic (exact) mass is 259 g/mol. The van der Waals surface area contributed by atoms with Crippen LogP contribution in [0.2, 0.25) is 0 Å². The molecule has 0 bridgehead atoms. The highest BCUT2D eigenvalue weighted by Crippen LogP contribution is 2.28. The molecule has 0 unspecified atom stereocenters. The molecule has 102 valence electrons. The molecule has 0 atom stereocenters. The number of carbonyl (C=O) groups is 1. The first-order valence-electron chi connectivity index (χ1n) is 6.93. The fourth-order valence-electron chi connectivity index (χ4n) is 2.35. The second kappa shape index (κ2) is 6.02. The number of rotatable bonds is 4. The highest BCUT2D eigenvalue weighted by Gasteiger charge is 2.21. The van der Waals surface area contributed by atoms with Crippen molar-refractivity contribution in [1.29, 1.82) is 0 Å². The zero-order valence-electron chi connectivity index (χ0n) is 11.9. The van der Waals surface area contributed by atoms with E-state index in [0.29, 0.717) is 18.7 Å². The number of hydrogen-bond acceptors (Lipinski definition) is 3. The third-order valence-electron chi connectivity index (χ3n) is 3.46. The van der Waals surface area contributed by atoms with Crippen LogP contribution in [0.25, 0.3) is 5.57 Å². The molecule has 1 aliphatic rings. The van der Waals surface area contributed by atoms with Crippen molar-refractivity contribution in [2.45, 2.75) is 33.6 Å². The van der Waals surface area contributed by atoms with Crippen molar-refractivity contribution >= 4 is 11.5 Å². The van der Waals surface area contributed by atoms with Crippen molar-refractivity contribution in [3.63, 3.8) is 0 Å². The number of benzene rings is 1. The van der Waals surface area contributed by atoms with Crippen LogP contribution in [-0.2, 0) is 16.1 Å². The van der Waals surface area contributed by atoms with Gasteiger partial charge in [0, 0.05) is 13.1 Å². The van der Waals surface area contributed by atoms with E-state index in [-0.39, 0.29) is 5.97 Å². The van der Waals surface area contributed by atoms with Gasteiger partial charge in [0.15, 0.2) is 0 Å². The molecule has 3 heteroatoms. The third-order valence-corrected chi connectivity index (χ3v) is 3.46. The first-order chi connectivity index (χ1) is 9.15. The van der Waals surface area contributed by atoms with Crippen LogP contribution >= 0.6 is 0 Å². The molecule has 19 heavy (non-hydrogen) atoms. The van der Waals surface area contributed by atoms with Gasteiger partial charge in [0.25, 0.3) is 0 Å². The molecular weight excluding hydrogens is 238 g/mol. The quantitative estimate of drug-likeness (QED) is 0.778. The summed E-state index contributed by atoms with van der Waals surface area (Å²) in [4.78, 5) is 17.7. The molecule has 0 radical (unpaired) electrons. The summed E-state index contributed by atoms with van der Waals surface area (Å²) in [5.41, 5.74) is 4.14. The van der Waals surface area contributed by atoms with Crippen molar-refractivity contribution in [3.8, 4) is 0 Å². The second-order valence-corrected chi connectivity index (χ2v) is 4.81. The van der Waals surface area contributed by atoms with E-state index >= 15 is 0 Å². The van der Waals surface area contributed by atoms with Crippen molar-refractivity contribution < 1.29 is 9.63 Å². The van der Waals surface area contributed by atoms with Crippen LogP contribution in [0.4, 0.5) is 0 Å². The normalized spacial score (nSPS) is 14.0. The van der Waals surface area contributed by atoms with Gasteiger partial charge in [-0.1, -0.05) is 29.8 Å². The van der Waals surface area contributed by atoms with Gasteiger partial charge in [-0.05, 0) is 44.7 Å². The molecule has 0 saturated carbocycles. The lowest BCUT2D eigenvalue weighted by Gasteiger charge is -2.21. The van der Waals surface area contributed by atoms with E-state index in [4.69, 9.17) is 4.84 Å². The SMILES string of the molecule is CCN(CC)OC(=O)C1=CCCc2ccc(C)cc21. The maximum absolute atomic E-state index is 12.3. The Morgan fingerprint density at radius 1 is 1.32 bits per heavy atom. The minimum absolute atomic E-state index is 0.241. The van der Waals surface area contributed by atoms with E-state index in [0.717, 1.165) is 18.4 Å². The molecule has 0 saturated heterocycles. The molecule has 0 aromatic heterocycles. The minimum Gasteiger partial charge on any atom is -0.364 e. The van der Waals surface area contributed by atoms with Gasteiger partial charge in [0.1, 0.15) is 0 Å². The fourth-order valence-corrected chi connectivity index (χ4v) is 2.35. The van der Waals surface area contributed by atoms with Gasteiger partial charge in [0.2, 0.25) is 0 Å². The molecule has 1 aliphatic carbocycles. The van der Waals surface area contributed by atoms with Gasteiger partial charge in [-0.25, -0.2) is 4.79 Å². The lowest BCUT2D eigenvalue weighted by atomic mass is 9.90. The molecule has 1 aromatic carbocycles. The van der Waals surface area contributed by atoms with Crippen molar-refractivity contribution in [2.75, 3.05) is 13.1 Å². The zero-order chi connectivity index (χ0) is 13.8. The number of nitrogens with zero attached hydrogens (tertiary/aromatic N) is 1. The van der Waals surface area contributed by atoms with Crippen molar-refractivity contribution in [2.24, 2.45) is 0 Å². The molecule has 0 fully saturated rings. The van der Waals surface area contributed by atoms with Gasteiger partial charge in [-0.15, -0.1) is 5.06 Å². The number of fused-ring (bicyclic) bond motifs is 1. The Morgan fingerprint density at radius 2 is 2.05 bits per heavy atom. The molecule has 0 amide bonds. The molecule has 0 N–H and O–H groups in total. The largest absolute Gasteiger partial charge is 0.364 e. The average molecular weight is 259 g/mol. The van der Waals surface area contributed by atoms with Crippen LogP contribution < -0.4 is 0 Å². The average Bonchev–Trinajstić information content (AvgIpc) is 2.43. The van der Waals surface area contributed by atoms with Gasteiger partial charge in [0.05, 0.1) is 5.57 Å².